The summed E-state index contributed by atoms with van der Waals surface area (Å²) in [6, 6.07) is 5.92. The molecule has 0 saturated heterocycles. The maximum absolute atomic E-state index is 13.1. The number of carbonyl (C=O) groups excluding carboxylic acids is 2. The van der Waals surface area contributed by atoms with Crippen LogP contribution in [-0.4, -0.2) is 33.0 Å². The van der Waals surface area contributed by atoms with E-state index in [0.29, 0.717) is 29.0 Å². The Morgan fingerprint density at radius 2 is 1.87 bits per heavy atom. The zero-order valence-electron chi connectivity index (χ0n) is 16.8. The minimum atomic E-state index is -0.675. The Hall–Kier alpha value is -3.95. The first kappa shape index (κ1) is 20.8. The predicted molar refractivity (Wildman–Crippen MR) is 111 cm³/mol. The number of hydrogen-bond acceptors (Lipinski definition) is 6. The van der Waals surface area contributed by atoms with Gasteiger partial charge in [-0.05, 0) is 30.7 Å². The first-order valence-electron chi connectivity index (χ1n) is 9.13. The molecule has 3 aromatic rings. The lowest BCUT2D eigenvalue weighted by molar-refractivity contribution is -0.116. The standard InChI is InChI=1S/C20H21N5O5/c1-4-11-9-22-18-15(16(11)30-3)19(28)25(20(29)24(18)2)10-14(26)23-13-7-5-12(6-8-13)17(21)27/h5-9H,4,10H2,1-3H3,(H2,21,27)(H,23,26). The van der Waals surface area contributed by atoms with Crippen LogP contribution in [0, 0.1) is 0 Å². The normalized spacial score (nSPS) is 10.8. The maximum Gasteiger partial charge on any atom is 0.332 e. The van der Waals surface area contributed by atoms with Crippen molar-refractivity contribution in [1.82, 2.24) is 14.1 Å². The van der Waals surface area contributed by atoms with Gasteiger partial charge in [-0.2, -0.15) is 0 Å². The van der Waals surface area contributed by atoms with Crippen LogP contribution in [-0.2, 0) is 24.8 Å². The second kappa shape index (κ2) is 8.19. The molecule has 0 aliphatic heterocycles. The van der Waals surface area contributed by atoms with E-state index in [4.69, 9.17) is 10.5 Å². The Balaban J connectivity index is 2.01. The summed E-state index contributed by atoms with van der Waals surface area (Å²) in [4.78, 5) is 53.6. The molecule has 0 aliphatic carbocycles. The van der Waals surface area contributed by atoms with Crippen molar-refractivity contribution in [3.8, 4) is 5.75 Å². The number of carbonyl (C=O) groups is 2. The number of nitrogens with zero attached hydrogens (tertiary/aromatic N) is 3. The lowest BCUT2D eigenvalue weighted by Crippen LogP contribution is -2.42. The van der Waals surface area contributed by atoms with Gasteiger partial charge in [0.2, 0.25) is 11.8 Å². The van der Waals surface area contributed by atoms with Crippen molar-refractivity contribution < 1.29 is 14.3 Å². The summed E-state index contributed by atoms with van der Waals surface area (Å²) in [6.45, 7) is 1.39. The van der Waals surface area contributed by atoms with E-state index in [-0.39, 0.29) is 11.0 Å². The minimum Gasteiger partial charge on any atom is -0.495 e. The molecule has 0 aliphatic rings. The number of primary amides is 1. The van der Waals surface area contributed by atoms with Crippen molar-refractivity contribution in [3.05, 3.63) is 62.4 Å². The van der Waals surface area contributed by atoms with Crippen LogP contribution in [0.15, 0.2) is 40.1 Å². The number of benzene rings is 1. The number of aromatic nitrogens is 3. The number of ether oxygens (including phenoxy) is 1. The van der Waals surface area contributed by atoms with Crippen LogP contribution in [0.25, 0.3) is 11.0 Å². The highest BCUT2D eigenvalue weighted by Crippen LogP contribution is 2.24. The number of nitrogens with two attached hydrogens (primary N) is 1. The Kier molecular flexibility index (Phi) is 5.67. The SMILES string of the molecule is CCc1cnc2c(c1OC)c(=O)n(CC(=O)Nc1ccc(C(N)=O)cc1)c(=O)n2C. The highest BCUT2D eigenvalue weighted by Gasteiger charge is 2.20. The molecule has 3 N–H and O–H groups in total. The molecular formula is C20H21N5O5. The molecule has 0 radical (unpaired) electrons. The highest BCUT2D eigenvalue weighted by atomic mass is 16.5. The van der Waals surface area contributed by atoms with Gasteiger partial charge in [0.1, 0.15) is 17.7 Å². The van der Waals surface area contributed by atoms with E-state index >= 15 is 0 Å². The fourth-order valence-corrected chi connectivity index (χ4v) is 3.15. The second-order valence-corrected chi connectivity index (χ2v) is 6.59. The topological polar surface area (TPSA) is 138 Å². The van der Waals surface area contributed by atoms with Crippen LogP contribution in [0.1, 0.15) is 22.8 Å². The van der Waals surface area contributed by atoms with Crippen LogP contribution in [0.4, 0.5) is 5.69 Å². The average Bonchev–Trinajstić information content (AvgIpc) is 2.74. The van der Waals surface area contributed by atoms with Crippen LogP contribution in [0.2, 0.25) is 0 Å². The molecule has 30 heavy (non-hydrogen) atoms. The number of anilines is 1. The van der Waals surface area contributed by atoms with Gasteiger partial charge in [-0.1, -0.05) is 6.92 Å². The number of fused-ring (bicyclic) bond motifs is 1. The molecule has 2 heterocycles. The average molecular weight is 411 g/mol. The fourth-order valence-electron chi connectivity index (χ4n) is 3.15. The van der Waals surface area contributed by atoms with Crippen molar-refractivity contribution in [2.75, 3.05) is 12.4 Å². The van der Waals surface area contributed by atoms with E-state index in [0.717, 1.165) is 4.57 Å². The molecule has 0 spiro atoms. The Morgan fingerprint density at radius 3 is 2.43 bits per heavy atom. The van der Waals surface area contributed by atoms with E-state index in [1.54, 1.807) is 6.20 Å². The van der Waals surface area contributed by atoms with Gasteiger partial charge in [-0.25, -0.2) is 14.3 Å². The lowest BCUT2D eigenvalue weighted by Gasteiger charge is -2.14. The molecule has 0 saturated carbocycles. The highest BCUT2D eigenvalue weighted by molar-refractivity contribution is 5.94. The molecule has 2 aromatic heterocycles. The number of rotatable bonds is 6. The summed E-state index contributed by atoms with van der Waals surface area (Å²) in [5.41, 5.74) is 5.43. The van der Waals surface area contributed by atoms with Gasteiger partial charge in [0.25, 0.3) is 5.56 Å². The summed E-state index contributed by atoms with van der Waals surface area (Å²) in [5, 5.41) is 2.72. The summed E-state index contributed by atoms with van der Waals surface area (Å²) in [5.74, 6) is -0.841. The summed E-state index contributed by atoms with van der Waals surface area (Å²) < 4.78 is 7.44. The third kappa shape index (κ3) is 3.66. The van der Waals surface area contributed by atoms with Crippen LogP contribution in [0.5, 0.6) is 5.75 Å². The van der Waals surface area contributed by atoms with Gasteiger partial charge in [-0.15, -0.1) is 0 Å². The van der Waals surface area contributed by atoms with E-state index in [2.05, 4.69) is 10.3 Å². The van der Waals surface area contributed by atoms with Gasteiger partial charge in [-0.3, -0.25) is 19.0 Å². The molecule has 1 aromatic carbocycles. The molecule has 0 fully saturated rings. The van der Waals surface area contributed by atoms with Crippen molar-refractivity contribution >= 4 is 28.5 Å². The molecule has 0 bridgehead atoms. The summed E-state index contributed by atoms with van der Waals surface area (Å²) >= 11 is 0. The zero-order chi connectivity index (χ0) is 22.0. The number of aryl methyl sites for hydroxylation is 2. The predicted octanol–water partition coefficient (Wildman–Crippen LogP) is 0.404. The third-order valence-corrected chi connectivity index (χ3v) is 4.72. The second-order valence-electron chi connectivity index (χ2n) is 6.59. The lowest BCUT2D eigenvalue weighted by atomic mass is 10.1. The largest absolute Gasteiger partial charge is 0.495 e. The summed E-state index contributed by atoms with van der Waals surface area (Å²) in [7, 11) is 2.91. The molecule has 10 nitrogen and oxygen atoms in total. The first-order valence-corrected chi connectivity index (χ1v) is 9.13. The minimum absolute atomic E-state index is 0.137. The van der Waals surface area contributed by atoms with Gasteiger partial charge in [0.05, 0.1) is 7.11 Å². The van der Waals surface area contributed by atoms with E-state index < -0.39 is 29.6 Å². The number of pyridine rings is 1. The van der Waals surface area contributed by atoms with Gasteiger partial charge >= 0.3 is 5.69 Å². The zero-order valence-corrected chi connectivity index (χ0v) is 16.8. The first-order chi connectivity index (χ1) is 14.3. The third-order valence-electron chi connectivity index (χ3n) is 4.72. The number of hydrogen-bond donors (Lipinski definition) is 2. The van der Waals surface area contributed by atoms with E-state index in [1.807, 2.05) is 6.92 Å². The van der Waals surface area contributed by atoms with E-state index in [9.17, 15) is 19.2 Å². The maximum atomic E-state index is 13.1. The molecule has 10 heteroatoms. The quantitative estimate of drug-likeness (QED) is 0.602. The molecule has 0 atom stereocenters. The number of nitrogens with one attached hydrogen (secondary N) is 1. The Morgan fingerprint density at radius 1 is 1.20 bits per heavy atom. The van der Waals surface area contributed by atoms with E-state index in [1.165, 1.54) is 43.0 Å². The number of methoxy groups -OCH3 is 1. The number of amides is 2. The van der Waals surface area contributed by atoms with Crippen molar-refractivity contribution in [1.29, 1.82) is 0 Å². The van der Waals surface area contributed by atoms with Crippen LogP contribution < -0.4 is 27.0 Å². The molecular weight excluding hydrogens is 390 g/mol. The monoisotopic (exact) mass is 411 g/mol. The summed E-state index contributed by atoms with van der Waals surface area (Å²) in [6.07, 6.45) is 2.14. The van der Waals surface area contributed by atoms with Crippen LogP contribution in [0.3, 0.4) is 0 Å². The van der Waals surface area contributed by atoms with Crippen LogP contribution >= 0.6 is 0 Å². The Bertz CT molecular complexity index is 1260. The fraction of sp³-hybridized carbons (Fsp3) is 0.250. The molecule has 3 rings (SSSR count). The van der Waals surface area contributed by atoms with Gasteiger partial charge in [0, 0.05) is 30.1 Å². The Labute approximate surface area is 170 Å². The van der Waals surface area contributed by atoms with Gasteiger partial charge < -0.3 is 15.8 Å². The molecule has 2 amide bonds. The molecule has 0 unspecified atom stereocenters. The van der Waals surface area contributed by atoms with Crippen molar-refractivity contribution in [3.63, 3.8) is 0 Å². The molecule has 156 valence electrons. The van der Waals surface area contributed by atoms with Gasteiger partial charge in [0.15, 0.2) is 5.65 Å². The smallest absolute Gasteiger partial charge is 0.332 e. The van der Waals surface area contributed by atoms with Crippen molar-refractivity contribution in [2.24, 2.45) is 12.8 Å². The van der Waals surface area contributed by atoms with Crippen molar-refractivity contribution in [2.45, 2.75) is 19.9 Å².